The summed E-state index contributed by atoms with van der Waals surface area (Å²) in [6, 6.07) is 33.5. The molecule has 1 saturated heterocycles. The van der Waals surface area contributed by atoms with Gasteiger partial charge in [-0.1, -0.05) is 72.8 Å². The van der Waals surface area contributed by atoms with Gasteiger partial charge in [0.25, 0.3) is 5.91 Å². The van der Waals surface area contributed by atoms with Crippen LogP contribution in [0.1, 0.15) is 52.5 Å². The predicted molar refractivity (Wildman–Crippen MR) is 201 cm³/mol. The SMILES string of the molecule is COc1ccc(C(OC[C@H]2O[C@@H](n3cnc4c(NC(=O)c5ccccc5)ncnc43)C[C@@H]2OC(=O)CCC(=O)[O-])(c2ccccc2)c2ccc(OC)cc2)cc1.[K+]. The van der Waals surface area contributed by atoms with Crippen molar-refractivity contribution in [2.75, 3.05) is 26.1 Å². The number of imidazole rings is 1. The number of rotatable bonds is 15. The zero-order chi connectivity index (χ0) is 39.1. The topological polar surface area (TPSA) is 176 Å². The number of nitrogens with one attached hydrogen (secondary N) is 1. The summed E-state index contributed by atoms with van der Waals surface area (Å²) >= 11 is 0. The molecule has 6 aromatic rings. The Morgan fingerprint density at radius 3 is 2.00 bits per heavy atom. The molecule has 0 aliphatic carbocycles. The molecule has 3 atom stereocenters. The summed E-state index contributed by atoms with van der Waals surface area (Å²) in [7, 11) is 3.19. The van der Waals surface area contributed by atoms with Gasteiger partial charge in [-0.3, -0.25) is 14.2 Å². The molecule has 286 valence electrons. The molecular weight excluding hydrogens is 758 g/mol. The molecule has 0 bridgehead atoms. The number of benzene rings is 4. The Bertz CT molecular complexity index is 2240. The number of carbonyl (C=O) groups is 3. The number of carboxylic acid groups (broad SMARTS) is 1. The molecular formula is C42H38KN5O9. The largest absolute Gasteiger partial charge is 1.00 e. The summed E-state index contributed by atoms with van der Waals surface area (Å²) in [5.74, 6) is -0.929. The third-order valence-electron chi connectivity index (χ3n) is 9.57. The zero-order valence-corrected chi connectivity index (χ0v) is 34.7. The minimum Gasteiger partial charge on any atom is -0.550 e. The Balaban J connectivity index is 0.00000549. The van der Waals surface area contributed by atoms with Gasteiger partial charge in [-0.2, -0.15) is 0 Å². The minimum absolute atomic E-state index is 0. The molecule has 57 heavy (non-hydrogen) atoms. The van der Waals surface area contributed by atoms with Crippen molar-refractivity contribution in [2.24, 2.45) is 0 Å². The smallest absolute Gasteiger partial charge is 0.550 e. The number of aromatic nitrogens is 4. The third-order valence-corrected chi connectivity index (χ3v) is 9.57. The van der Waals surface area contributed by atoms with Gasteiger partial charge >= 0.3 is 57.4 Å². The number of esters is 1. The molecule has 14 nitrogen and oxygen atoms in total. The summed E-state index contributed by atoms with van der Waals surface area (Å²) in [6.45, 7) is -0.0815. The molecule has 1 aliphatic heterocycles. The molecule has 0 saturated carbocycles. The number of hydrogen-bond donors (Lipinski definition) is 1. The molecule has 1 aliphatic rings. The Labute approximate surface area is 370 Å². The summed E-state index contributed by atoms with van der Waals surface area (Å²) in [6.07, 6.45) is -0.370. The van der Waals surface area contributed by atoms with Crippen LogP contribution in [0, 0.1) is 0 Å². The van der Waals surface area contributed by atoms with E-state index in [-0.39, 0.29) is 82.6 Å². The van der Waals surface area contributed by atoms with Crippen molar-refractivity contribution >= 4 is 34.8 Å². The maximum Gasteiger partial charge on any atom is 1.00 e. The van der Waals surface area contributed by atoms with E-state index in [9.17, 15) is 19.5 Å². The number of methoxy groups -OCH3 is 2. The molecule has 7 rings (SSSR count). The van der Waals surface area contributed by atoms with E-state index in [1.165, 1.54) is 12.7 Å². The quantitative estimate of drug-likeness (QED) is 0.0909. The van der Waals surface area contributed by atoms with E-state index in [1.807, 2.05) is 84.9 Å². The van der Waals surface area contributed by atoms with Crippen molar-refractivity contribution in [3.05, 3.63) is 144 Å². The monoisotopic (exact) mass is 795 g/mol. The standard InChI is InChI=1S/C42H39N5O9.K/c1-52-31-17-13-29(14-18-31)42(28-11-7-4-8-12-28,30-15-19-32(53-2)20-16-30)54-24-34-33(56-37(50)22-21-36(48)49)23-35(55-34)47-26-45-38-39(43-25-44-40(38)47)46-41(51)27-9-5-3-6-10-27;/h3-20,25-26,33-35H,21-24H2,1-2H3,(H,48,49)(H,43,44,46,51);/q;+1/p-1/t33-,34+,35+;/m0./s1. The number of carbonyl (C=O) groups excluding carboxylic acids is 3. The molecule has 15 heteroatoms. The fraction of sp³-hybridized carbons (Fsp3) is 0.238. The van der Waals surface area contributed by atoms with E-state index >= 15 is 0 Å². The summed E-state index contributed by atoms with van der Waals surface area (Å²) in [5, 5.41) is 14.0. The zero-order valence-electron chi connectivity index (χ0n) is 31.6. The average Bonchev–Trinajstić information content (AvgIpc) is 3.86. The van der Waals surface area contributed by atoms with Gasteiger partial charge < -0.3 is 38.9 Å². The Hall–Kier alpha value is -5.00. The Morgan fingerprint density at radius 2 is 1.40 bits per heavy atom. The molecule has 2 aromatic heterocycles. The van der Waals surface area contributed by atoms with Gasteiger partial charge in [-0.05, 0) is 59.5 Å². The van der Waals surface area contributed by atoms with Gasteiger partial charge in [-0.25, -0.2) is 15.0 Å². The Kier molecular flexibility index (Phi) is 13.8. The van der Waals surface area contributed by atoms with E-state index in [0.717, 1.165) is 16.7 Å². The van der Waals surface area contributed by atoms with Gasteiger partial charge in [0, 0.05) is 18.0 Å². The van der Waals surface area contributed by atoms with Crippen molar-refractivity contribution in [3.63, 3.8) is 0 Å². The summed E-state index contributed by atoms with van der Waals surface area (Å²) < 4.78 is 32.2. The van der Waals surface area contributed by atoms with Crippen LogP contribution in [0.15, 0.2) is 122 Å². The number of carboxylic acids is 1. The minimum atomic E-state index is -1.37. The molecule has 1 amide bonds. The average molecular weight is 796 g/mol. The molecule has 0 unspecified atom stereocenters. The molecule has 0 spiro atoms. The van der Waals surface area contributed by atoms with Crippen LogP contribution in [-0.2, 0) is 29.4 Å². The first-order valence-corrected chi connectivity index (χ1v) is 17.9. The summed E-state index contributed by atoms with van der Waals surface area (Å²) in [4.78, 5) is 50.4. The molecule has 1 fully saturated rings. The molecule has 4 aromatic carbocycles. The molecule has 1 N–H and O–H groups in total. The van der Waals surface area contributed by atoms with Crippen molar-refractivity contribution in [3.8, 4) is 11.5 Å². The van der Waals surface area contributed by atoms with Crippen LogP contribution in [0.4, 0.5) is 5.82 Å². The van der Waals surface area contributed by atoms with E-state index in [2.05, 4.69) is 20.3 Å². The molecule has 0 radical (unpaired) electrons. The van der Waals surface area contributed by atoms with Crippen molar-refractivity contribution < 1.29 is 94.6 Å². The second kappa shape index (κ2) is 19.0. The number of hydrogen-bond acceptors (Lipinski definition) is 12. The number of amides is 1. The van der Waals surface area contributed by atoms with Gasteiger partial charge in [0.05, 0.1) is 33.6 Å². The van der Waals surface area contributed by atoms with E-state index in [1.54, 1.807) is 43.1 Å². The van der Waals surface area contributed by atoms with Crippen molar-refractivity contribution in [2.45, 2.75) is 43.3 Å². The van der Waals surface area contributed by atoms with Crippen LogP contribution >= 0.6 is 0 Å². The Morgan fingerprint density at radius 1 is 0.807 bits per heavy atom. The fourth-order valence-electron chi connectivity index (χ4n) is 6.78. The van der Waals surface area contributed by atoms with Crippen molar-refractivity contribution in [1.29, 1.82) is 0 Å². The van der Waals surface area contributed by atoms with Gasteiger partial charge in [0.2, 0.25) is 0 Å². The van der Waals surface area contributed by atoms with E-state index in [4.69, 9.17) is 23.7 Å². The number of ether oxygens (including phenoxy) is 5. The van der Waals surface area contributed by atoms with Crippen LogP contribution < -0.4 is 71.3 Å². The van der Waals surface area contributed by atoms with Gasteiger partial charge in [-0.15, -0.1) is 0 Å². The van der Waals surface area contributed by atoms with Crippen LogP contribution in [-0.4, -0.2) is 70.4 Å². The first-order valence-electron chi connectivity index (χ1n) is 17.9. The first-order chi connectivity index (χ1) is 27.3. The summed E-state index contributed by atoms with van der Waals surface area (Å²) in [5.41, 5.74) is 2.32. The fourth-order valence-corrected chi connectivity index (χ4v) is 6.78. The third kappa shape index (κ3) is 9.26. The second-order valence-electron chi connectivity index (χ2n) is 12.9. The number of fused-ring (bicyclic) bond motifs is 1. The number of nitrogens with zero attached hydrogens (tertiary/aromatic N) is 4. The number of aliphatic carboxylic acids is 1. The van der Waals surface area contributed by atoms with Crippen LogP contribution in [0.5, 0.6) is 11.5 Å². The molecule has 3 heterocycles. The maximum atomic E-state index is 13.0. The maximum absolute atomic E-state index is 13.0. The van der Waals surface area contributed by atoms with E-state index < -0.39 is 42.4 Å². The van der Waals surface area contributed by atoms with Crippen LogP contribution in [0.25, 0.3) is 11.2 Å². The second-order valence-corrected chi connectivity index (χ2v) is 12.9. The van der Waals surface area contributed by atoms with E-state index in [0.29, 0.717) is 28.2 Å². The number of anilines is 1. The van der Waals surface area contributed by atoms with Gasteiger partial charge in [0.1, 0.15) is 41.9 Å². The normalized spacial score (nSPS) is 16.4. The van der Waals surface area contributed by atoms with Gasteiger partial charge in [0.15, 0.2) is 17.0 Å². The first kappa shape index (κ1) is 41.6. The van der Waals surface area contributed by atoms with Crippen LogP contribution in [0.2, 0.25) is 0 Å². The van der Waals surface area contributed by atoms with Crippen LogP contribution in [0.3, 0.4) is 0 Å². The van der Waals surface area contributed by atoms with Crippen molar-refractivity contribution in [1.82, 2.24) is 19.5 Å². The predicted octanol–water partition coefficient (Wildman–Crippen LogP) is 1.84.